The van der Waals surface area contributed by atoms with Gasteiger partial charge in [-0.1, -0.05) is 11.8 Å². The molecule has 2 aromatic heterocycles. The Bertz CT molecular complexity index is 713. The number of hydrogen-bond acceptors (Lipinski definition) is 6. The topological polar surface area (TPSA) is 64.9 Å². The zero-order valence-corrected chi connectivity index (χ0v) is 12.3. The number of nitrogens with two attached hydrogens (primary N) is 1. The summed E-state index contributed by atoms with van der Waals surface area (Å²) in [6.45, 7) is 4.12. The zero-order chi connectivity index (χ0) is 13.4. The maximum absolute atomic E-state index is 5.72. The third-order valence-electron chi connectivity index (χ3n) is 2.78. The van der Waals surface area contributed by atoms with Gasteiger partial charge in [0.2, 0.25) is 0 Å². The average molecular weight is 291 g/mol. The Balaban J connectivity index is 1.78. The molecule has 4 nitrogen and oxygen atoms in total. The van der Waals surface area contributed by atoms with E-state index in [1.165, 1.54) is 4.88 Å². The average Bonchev–Trinajstić information content (AvgIpc) is 2.90. The Labute approximate surface area is 119 Å². The van der Waals surface area contributed by atoms with Crippen LogP contribution in [0, 0.1) is 13.8 Å². The number of rotatable bonds is 3. The second-order valence-electron chi connectivity index (χ2n) is 4.24. The first-order chi connectivity index (χ1) is 9.11. The number of benzene rings is 1. The van der Waals surface area contributed by atoms with Gasteiger partial charge < -0.3 is 10.2 Å². The quantitative estimate of drug-likeness (QED) is 0.587. The van der Waals surface area contributed by atoms with Gasteiger partial charge in [0, 0.05) is 10.6 Å². The molecule has 0 saturated heterocycles. The summed E-state index contributed by atoms with van der Waals surface area (Å²) in [5.74, 6) is 0.779. The van der Waals surface area contributed by atoms with Crippen molar-refractivity contribution in [3.63, 3.8) is 0 Å². The molecular weight excluding hydrogens is 278 g/mol. The third kappa shape index (κ3) is 2.59. The summed E-state index contributed by atoms with van der Waals surface area (Å²) in [5, 5.41) is 1.76. The van der Waals surface area contributed by atoms with E-state index in [1.807, 2.05) is 25.1 Å². The fourth-order valence-corrected chi connectivity index (χ4v) is 3.47. The van der Waals surface area contributed by atoms with Crippen molar-refractivity contribution >= 4 is 39.9 Å². The summed E-state index contributed by atoms with van der Waals surface area (Å²) < 4.78 is 5.65. The molecular formula is C13H13N3OS2. The van der Waals surface area contributed by atoms with Gasteiger partial charge >= 0.3 is 0 Å². The van der Waals surface area contributed by atoms with Crippen LogP contribution in [-0.4, -0.2) is 9.97 Å². The number of aryl methyl sites for hydroxylation is 2. The van der Waals surface area contributed by atoms with Crippen molar-refractivity contribution in [2.75, 3.05) is 5.73 Å². The van der Waals surface area contributed by atoms with Crippen LogP contribution in [0.25, 0.3) is 11.1 Å². The van der Waals surface area contributed by atoms with Crippen LogP contribution in [-0.2, 0) is 5.75 Å². The highest BCUT2D eigenvalue weighted by Gasteiger charge is 2.09. The Morgan fingerprint density at radius 1 is 1.32 bits per heavy atom. The summed E-state index contributed by atoms with van der Waals surface area (Å²) in [7, 11) is 0. The summed E-state index contributed by atoms with van der Waals surface area (Å²) in [4.78, 5) is 10.2. The van der Waals surface area contributed by atoms with Gasteiger partial charge in [-0.15, -0.1) is 11.3 Å². The molecule has 0 amide bonds. The maximum atomic E-state index is 5.72. The predicted octanol–water partition coefficient (Wildman–Crippen LogP) is 3.78. The standard InChI is InChI=1S/C13H13N3OS2/c1-7-8(2)19-12(15-7)6-18-13-16-10-5-9(14)3-4-11(10)17-13/h3-5H,6,14H2,1-2H3. The van der Waals surface area contributed by atoms with Crippen LogP contribution in [0.4, 0.5) is 5.69 Å². The number of hydrogen-bond donors (Lipinski definition) is 1. The smallest absolute Gasteiger partial charge is 0.257 e. The molecule has 19 heavy (non-hydrogen) atoms. The molecule has 0 atom stereocenters. The molecule has 0 bridgehead atoms. The van der Waals surface area contributed by atoms with E-state index in [1.54, 1.807) is 23.1 Å². The molecule has 0 aliphatic rings. The van der Waals surface area contributed by atoms with E-state index >= 15 is 0 Å². The normalized spacial score (nSPS) is 11.3. The fourth-order valence-electron chi connectivity index (χ4n) is 1.71. The maximum Gasteiger partial charge on any atom is 0.257 e. The molecule has 1 aromatic carbocycles. The van der Waals surface area contributed by atoms with E-state index in [-0.39, 0.29) is 0 Å². The van der Waals surface area contributed by atoms with E-state index < -0.39 is 0 Å². The minimum absolute atomic E-state index is 0.658. The van der Waals surface area contributed by atoms with Crippen LogP contribution in [0.1, 0.15) is 15.6 Å². The number of aromatic nitrogens is 2. The number of nitrogen functional groups attached to an aromatic ring is 1. The molecule has 6 heteroatoms. The van der Waals surface area contributed by atoms with Gasteiger partial charge in [0.05, 0.1) is 11.4 Å². The first-order valence-corrected chi connectivity index (χ1v) is 7.64. The second-order valence-corrected chi connectivity index (χ2v) is 6.46. The predicted molar refractivity (Wildman–Crippen MR) is 79.6 cm³/mol. The first-order valence-electron chi connectivity index (χ1n) is 5.83. The highest BCUT2D eigenvalue weighted by molar-refractivity contribution is 7.98. The van der Waals surface area contributed by atoms with E-state index in [9.17, 15) is 0 Å². The number of thiazole rings is 1. The van der Waals surface area contributed by atoms with Gasteiger partial charge in [-0.2, -0.15) is 0 Å². The Morgan fingerprint density at radius 2 is 2.16 bits per heavy atom. The van der Waals surface area contributed by atoms with Crippen LogP contribution in [0.15, 0.2) is 27.8 Å². The third-order valence-corrected chi connectivity index (χ3v) is 4.88. The number of fused-ring (bicyclic) bond motifs is 1. The van der Waals surface area contributed by atoms with Crippen molar-refractivity contribution in [1.29, 1.82) is 0 Å². The van der Waals surface area contributed by atoms with Gasteiger partial charge in [0.1, 0.15) is 10.5 Å². The number of oxazole rings is 1. The number of thioether (sulfide) groups is 1. The van der Waals surface area contributed by atoms with Gasteiger partial charge in [0.25, 0.3) is 5.22 Å². The Morgan fingerprint density at radius 3 is 2.89 bits per heavy atom. The molecule has 2 N–H and O–H groups in total. The minimum Gasteiger partial charge on any atom is -0.431 e. The molecule has 0 radical (unpaired) electrons. The van der Waals surface area contributed by atoms with Gasteiger partial charge in [-0.25, -0.2) is 9.97 Å². The summed E-state index contributed by atoms with van der Waals surface area (Å²) in [5.41, 5.74) is 9.09. The lowest BCUT2D eigenvalue weighted by Gasteiger charge is -1.91. The number of nitrogens with zero attached hydrogens (tertiary/aromatic N) is 2. The molecule has 0 saturated carbocycles. The van der Waals surface area contributed by atoms with Gasteiger partial charge in [-0.05, 0) is 32.0 Å². The highest BCUT2D eigenvalue weighted by atomic mass is 32.2. The zero-order valence-electron chi connectivity index (χ0n) is 10.6. The monoisotopic (exact) mass is 291 g/mol. The summed E-state index contributed by atoms with van der Waals surface area (Å²) >= 11 is 3.28. The molecule has 0 spiro atoms. The van der Waals surface area contributed by atoms with E-state index in [2.05, 4.69) is 16.9 Å². The Kier molecular flexibility index (Phi) is 3.20. The summed E-state index contributed by atoms with van der Waals surface area (Å²) in [6.07, 6.45) is 0. The van der Waals surface area contributed by atoms with Crippen molar-refractivity contribution < 1.29 is 4.42 Å². The van der Waals surface area contributed by atoms with Crippen molar-refractivity contribution in [3.8, 4) is 0 Å². The molecule has 0 aliphatic carbocycles. The van der Waals surface area contributed by atoms with E-state index in [4.69, 9.17) is 10.2 Å². The highest BCUT2D eigenvalue weighted by Crippen LogP contribution is 2.29. The largest absolute Gasteiger partial charge is 0.431 e. The lowest BCUT2D eigenvalue weighted by atomic mass is 10.3. The molecule has 0 aliphatic heterocycles. The second kappa shape index (κ2) is 4.86. The van der Waals surface area contributed by atoms with E-state index in [0.29, 0.717) is 10.9 Å². The number of anilines is 1. The molecule has 98 valence electrons. The first kappa shape index (κ1) is 12.5. The van der Waals surface area contributed by atoms with Crippen molar-refractivity contribution in [2.45, 2.75) is 24.8 Å². The molecule has 2 heterocycles. The van der Waals surface area contributed by atoms with Gasteiger partial charge in [0.15, 0.2) is 5.58 Å². The van der Waals surface area contributed by atoms with Crippen LogP contribution in [0.2, 0.25) is 0 Å². The molecule has 3 rings (SSSR count). The van der Waals surface area contributed by atoms with Gasteiger partial charge in [-0.3, -0.25) is 0 Å². The fraction of sp³-hybridized carbons (Fsp3) is 0.231. The van der Waals surface area contributed by atoms with Crippen LogP contribution in [0.3, 0.4) is 0 Å². The molecule has 0 unspecified atom stereocenters. The SMILES string of the molecule is Cc1nc(CSc2nc3cc(N)ccc3o2)sc1C. The van der Waals surface area contributed by atoms with E-state index in [0.717, 1.165) is 27.6 Å². The lowest BCUT2D eigenvalue weighted by molar-refractivity contribution is 0.489. The van der Waals surface area contributed by atoms with Crippen LogP contribution in [0.5, 0.6) is 0 Å². The van der Waals surface area contributed by atoms with Crippen molar-refractivity contribution in [3.05, 3.63) is 33.8 Å². The Hall–Kier alpha value is -1.53. The van der Waals surface area contributed by atoms with Crippen molar-refractivity contribution in [1.82, 2.24) is 9.97 Å². The van der Waals surface area contributed by atoms with Crippen LogP contribution >= 0.6 is 23.1 Å². The van der Waals surface area contributed by atoms with Crippen molar-refractivity contribution in [2.24, 2.45) is 0 Å². The molecule has 3 aromatic rings. The summed E-state index contributed by atoms with van der Waals surface area (Å²) in [6, 6.07) is 5.48. The lowest BCUT2D eigenvalue weighted by Crippen LogP contribution is -1.82. The minimum atomic E-state index is 0.658. The molecule has 0 fully saturated rings. The van der Waals surface area contributed by atoms with Crippen LogP contribution < -0.4 is 5.73 Å².